The lowest BCUT2D eigenvalue weighted by Crippen LogP contribution is -2.05. The first-order valence-electron chi connectivity index (χ1n) is 7.63. The topological polar surface area (TPSA) is 0 Å². The molecule has 0 N–H and O–H groups in total. The second-order valence-corrected chi connectivity index (χ2v) is 6.09. The van der Waals surface area contributed by atoms with Crippen molar-refractivity contribution < 1.29 is 0 Å². The summed E-state index contributed by atoms with van der Waals surface area (Å²) in [6.07, 6.45) is 6.12. The summed E-state index contributed by atoms with van der Waals surface area (Å²) in [5.41, 5.74) is 6.88. The van der Waals surface area contributed by atoms with E-state index in [4.69, 9.17) is 11.6 Å². The number of hydrogen-bond acceptors (Lipinski definition) is 0. The van der Waals surface area contributed by atoms with Gasteiger partial charge in [-0.3, -0.25) is 0 Å². The van der Waals surface area contributed by atoms with E-state index in [2.05, 4.69) is 49.4 Å². The zero-order valence-corrected chi connectivity index (χ0v) is 12.8. The summed E-state index contributed by atoms with van der Waals surface area (Å²) in [6.45, 7) is 2.19. The first-order valence-corrected chi connectivity index (χ1v) is 8.07. The normalized spacial score (nSPS) is 15.7. The van der Waals surface area contributed by atoms with Gasteiger partial charge in [-0.15, -0.1) is 11.6 Å². The molecule has 0 saturated heterocycles. The Bertz CT molecular complexity index is 600. The number of rotatable bonds is 3. The first kappa shape index (κ1) is 13.7. The highest BCUT2D eigenvalue weighted by Gasteiger charge is 2.16. The van der Waals surface area contributed by atoms with E-state index >= 15 is 0 Å². The number of benzene rings is 2. The van der Waals surface area contributed by atoms with Crippen molar-refractivity contribution in [3.05, 3.63) is 70.3 Å². The van der Waals surface area contributed by atoms with E-state index in [0.29, 0.717) is 0 Å². The fourth-order valence-corrected chi connectivity index (χ4v) is 3.54. The summed E-state index contributed by atoms with van der Waals surface area (Å²) < 4.78 is 0. The maximum atomic E-state index is 6.76. The summed E-state index contributed by atoms with van der Waals surface area (Å²) in [7, 11) is 0. The molecule has 1 heteroatoms. The van der Waals surface area contributed by atoms with E-state index in [9.17, 15) is 0 Å². The Hall–Kier alpha value is -1.27. The Morgan fingerprint density at radius 2 is 1.75 bits per heavy atom. The number of aryl methyl sites for hydroxylation is 3. The quantitative estimate of drug-likeness (QED) is 0.657. The van der Waals surface area contributed by atoms with Gasteiger partial charge in [0.25, 0.3) is 0 Å². The molecule has 20 heavy (non-hydrogen) atoms. The second-order valence-electron chi connectivity index (χ2n) is 5.65. The van der Waals surface area contributed by atoms with Crippen LogP contribution in [0.4, 0.5) is 0 Å². The molecule has 0 fully saturated rings. The lowest BCUT2D eigenvalue weighted by atomic mass is 9.88. The van der Waals surface area contributed by atoms with Crippen LogP contribution >= 0.6 is 11.6 Å². The highest BCUT2D eigenvalue weighted by molar-refractivity contribution is 6.22. The van der Waals surface area contributed by atoms with Gasteiger partial charge in [0.15, 0.2) is 0 Å². The predicted octanol–water partition coefficient (Wildman–Crippen LogP) is 5.46. The molecule has 2 aromatic carbocycles. The molecule has 0 spiro atoms. The van der Waals surface area contributed by atoms with E-state index in [1.807, 2.05) is 0 Å². The lowest BCUT2D eigenvalue weighted by Gasteiger charge is -2.19. The summed E-state index contributed by atoms with van der Waals surface area (Å²) in [6, 6.07) is 15.4. The van der Waals surface area contributed by atoms with Gasteiger partial charge < -0.3 is 0 Å². The molecule has 0 aromatic heterocycles. The monoisotopic (exact) mass is 284 g/mol. The van der Waals surface area contributed by atoms with Crippen molar-refractivity contribution in [3.63, 3.8) is 0 Å². The van der Waals surface area contributed by atoms with E-state index < -0.39 is 0 Å². The largest absolute Gasteiger partial charge is 0.113 e. The zero-order valence-electron chi connectivity index (χ0n) is 12.0. The summed E-state index contributed by atoms with van der Waals surface area (Å²) in [4.78, 5) is 0. The van der Waals surface area contributed by atoms with Gasteiger partial charge in [0.2, 0.25) is 0 Å². The molecule has 1 aliphatic carbocycles. The fraction of sp³-hybridized carbons (Fsp3) is 0.368. The number of alkyl halides is 1. The fourth-order valence-electron chi connectivity index (χ4n) is 3.19. The van der Waals surface area contributed by atoms with Crippen LogP contribution in [0, 0.1) is 0 Å². The molecule has 0 aliphatic heterocycles. The van der Waals surface area contributed by atoms with Crippen molar-refractivity contribution in [1.82, 2.24) is 0 Å². The third-order valence-corrected chi connectivity index (χ3v) is 4.86. The van der Waals surface area contributed by atoms with Crippen LogP contribution in [-0.4, -0.2) is 0 Å². The molecule has 104 valence electrons. The molecular formula is C19H21Cl. The number of fused-ring (bicyclic) bond motifs is 1. The van der Waals surface area contributed by atoms with Crippen molar-refractivity contribution in [2.45, 2.75) is 44.4 Å². The van der Waals surface area contributed by atoms with Gasteiger partial charge in [-0.25, -0.2) is 0 Å². The minimum absolute atomic E-state index is 0.0293. The summed E-state index contributed by atoms with van der Waals surface area (Å²) in [5.74, 6) is 0. The van der Waals surface area contributed by atoms with Gasteiger partial charge in [-0.1, -0.05) is 49.4 Å². The number of hydrogen-bond donors (Lipinski definition) is 0. The van der Waals surface area contributed by atoms with Gasteiger partial charge >= 0.3 is 0 Å². The van der Waals surface area contributed by atoms with Crippen molar-refractivity contribution in [1.29, 1.82) is 0 Å². The van der Waals surface area contributed by atoms with Gasteiger partial charge in [-0.05, 0) is 59.9 Å². The summed E-state index contributed by atoms with van der Waals surface area (Å²) in [5, 5.41) is -0.0293. The third-order valence-electron chi connectivity index (χ3n) is 4.37. The van der Waals surface area contributed by atoms with Crippen LogP contribution in [-0.2, 0) is 19.3 Å². The molecule has 0 bridgehead atoms. The predicted molar refractivity (Wildman–Crippen MR) is 86.6 cm³/mol. The molecule has 0 amide bonds. The standard InChI is InChI=1S/C19H21Cl/c1-2-14-7-5-6-10-18(14)19(20)17-12-11-15-8-3-4-9-16(15)13-17/h5-7,10-13,19H,2-4,8-9H2,1H3. The van der Waals surface area contributed by atoms with Gasteiger partial charge in [-0.2, -0.15) is 0 Å². The molecule has 0 saturated carbocycles. The highest BCUT2D eigenvalue weighted by Crippen LogP contribution is 2.33. The van der Waals surface area contributed by atoms with E-state index in [1.54, 1.807) is 0 Å². The maximum absolute atomic E-state index is 6.76. The zero-order chi connectivity index (χ0) is 13.9. The molecule has 0 radical (unpaired) electrons. The Morgan fingerprint density at radius 3 is 2.55 bits per heavy atom. The first-order chi connectivity index (χ1) is 9.79. The molecule has 0 heterocycles. The van der Waals surface area contributed by atoms with Crippen LogP contribution < -0.4 is 0 Å². The minimum Gasteiger partial charge on any atom is -0.113 e. The minimum atomic E-state index is -0.0293. The molecule has 2 aromatic rings. The van der Waals surface area contributed by atoms with E-state index in [0.717, 1.165) is 6.42 Å². The van der Waals surface area contributed by atoms with Crippen LogP contribution in [0.5, 0.6) is 0 Å². The van der Waals surface area contributed by atoms with Crippen LogP contribution in [0.15, 0.2) is 42.5 Å². The van der Waals surface area contributed by atoms with Gasteiger partial charge in [0.1, 0.15) is 0 Å². The van der Waals surface area contributed by atoms with Crippen LogP contribution in [0.2, 0.25) is 0 Å². The van der Waals surface area contributed by atoms with Crippen molar-refractivity contribution in [2.24, 2.45) is 0 Å². The smallest absolute Gasteiger partial charge is 0.0838 e. The van der Waals surface area contributed by atoms with Crippen LogP contribution in [0.3, 0.4) is 0 Å². The average Bonchev–Trinajstić information content (AvgIpc) is 2.53. The average molecular weight is 285 g/mol. The maximum Gasteiger partial charge on any atom is 0.0838 e. The van der Waals surface area contributed by atoms with Gasteiger partial charge in [0.05, 0.1) is 5.38 Å². The Kier molecular flexibility index (Phi) is 4.12. The molecule has 1 unspecified atom stereocenters. The van der Waals surface area contributed by atoms with E-state index in [1.165, 1.54) is 53.5 Å². The van der Waals surface area contributed by atoms with Crippen molar-refractivity contribution in [2.75, 3.05) is 0 Å². The Morgan fingerprint density at radius 1 is 1.00 bits per heavy atom. The van der Waals surface area contributed by atoms with Crippen molar-refractivity contribution >= 4 is 11.6 Å². The van der Waals surface area contributed by atoms with E-state index in [-0.39, 0.29) is 5.38 Å². The Balaban J connectivity index is 1.96. The molecule has 1 atom stereocenters. The Labute approximate surface area is 126 Å². The van der Waals surface area contributed by atoms with Crippen LogP contribution in [0.1, 0.15) is 53.0 Å². The van der Waals surface area contributed by atoms with Crippen molar-refractivity contribution in [3.8, 4) is 0 Å². The molecular weight excluding hydrogens is 264 g/mol. The lowest BCUT2D eigenvalue weighted by molar-refractivity contribution is 0.684. The second kappa shape index (κ2) is 6.01. The molecule has 1 aliphatic rings. The van der Waals surface area contributed by atoms with Crippen LogP contribution in [0.25, 0.3) is 0 Å². The molecule has 3 rings (SSSR count). The molecule has 0 nitrogen and oxygen atoms in total. The number of halogens is 1. The SMILES string of the molecule is CCc1ccccc1C(Cl)c1ccc2c(c1)CCCC2. The highest BCUT2D eigenvalue weighted by atomic mass is 35.5. The summed E-state index contributed by atoms with van der Waals surface area (Å²) >= 11 is 6.76. The van der Waals surface area contributed by atoms with Gasteiger partial charge in [0, 0.05) is 0 Å². The third kappa shape index (κ3) is 2.62.